The second-order valence-corrected chi connectivity index (χ2v) is 9.03. The second-order valence-electron chi connectivity index (χ2n) is 6.37. The largest absolute Gasteiger partial charge is 0.305 e. The molecule has 0 radical (unpaired) electrons. The number of amidine groups is 2. The lowest BCUT2D eigenvalue weighted by molar-refractivity contribution is -0.120. The fourth-order valence-corrected chi connectivity index (χ4v) is 4.66. The Morgan fingerprint density at radius 3 is 3.00 bits per heavy atom. The molecule has 0 bridgehead atoms. The van der Waals surface area contributed by atoms with E-state index in [9.17, 15) is 9.59 Å². The third-order valence-electron chi connectivity index (χ3n) is 4.20. The van der Waals surface area contributed by atoms with Crippen LogP contribution < -0.4 is 10.6 Å². The van der Waals surface area contributed by atoms with Gasteiger partial charge in [-0.1, -0.05) is 41.6 Å². The van der Waals surface area contributed by atoms with E-state index in [0.717, 1.165) is 18.4 Å². The number of rotatable bonds is 4. The molecule has 1 aromatic carbocycles. The molecule has 140 valence electrons. The zero-order valence-electron chi connectivity index (χ0n) is 14.3. The summed E-state index contributed by atoms with van der Waals surface area (Å²) in [6.45, 7) is 0.961. The first-order chi connectivity index (χ1) is 13.1. The van der Waals surface area contributed by atoms with E-state index in [1.54, 1.807) is 0 Å². The van der Waals surface area contributed by atoms with Gasteiger partial charge < -0.3 is 10.6 Å². The molecule has 1 atom stereocenters. The third kappa shape index (κ3) is 4.75. The van der Waals surface area contributed by atoms with Gasteiger partial charge in [-0.25, -0.2) is 0 Å². The summed E-state index contributed by atoms with van der Waals surface area (Å²) in [6.07, 6.45) is 3.82. The highest BCUT2D eigenvalue weighted by Crippen LogP contribution is 2.31. The number of carbonyl (C=O) groups excluding carboxylic acids is 2. The van der Waals surface area contributed by atoms with E-state index < -0.39 is 0 Å². The lowest BCUT2D eigenvalue weighted by atomic mass is 10.2. The zero-order chi connectivity index (χ0) is 18.8. The quantitative estimate of drug-likeness (QED) is 0.733. The predicted molar refractivity (Wildman–Crippen MR) is 111 cm³/mol. The lowest BCUT2D eigenvalue weighted by Crippen LogP contribution is -2.28. The second kappa shape index (κ2) is 8.08. The third-order valence-corrected chi connectivity index (χ3v) is 6.57. The van der Waals surface area contributed by atoms with E-state index in [1.165, 1.54) is 23.5 Å². The molecule has 2 fully saturated rings. The molecule has 1 aromatic rings. The number of thioether (sulfide) groups is 2. The van der Waals surface area contributed by atoms with Crippen LogP contribution in [0.25, 0.3) is 0 Å². The van der Waals surface area contributed by atoms with Crippen LogP contribution in [-0.2, 0) is 16.1 Å². The van der Waals surface area contributed by atoms with Crippen molar-refractivity contribution in [1.82, 2.24) is 10.6 Å². The normalized spacial score (nSPS) is 25.0. The van der Waals surface area contributed by atoms with Crippen molar-refractivity contribution in [2.75, 3.05) is 6.54 Å². The number of nitrogens with one attached hydrogen (secondary N) is 2. The lowest BCUT2D eigenvalue weighted by Gasteiger charge is -2.04. The van der Waals surface area contributed by atoms with Gasteiger partial charge in [-0.05, 0) is 42.3 Å². The van der Waals surface area contributed by atoms with Crippen molar-refractivity contribution in [2.24, 2.45) is 15.9 Å². The number of nitrogens with zero attached hydrogens (tertiary/aromatic N) is 2. The predicted octanol–water partition coefficient (Wildman–Crippen LogP) is 2.94. The first kappa shape index (κ1) is 18.6. The summed E-state index contributed by atoms with van der Waals surface area (Å²) >= 11 is 8.93. The number of aliphatic imine (C=N–C) groups is 2. The molecule has 2 amide bonds. The first-order valence-electron chi connectivity index (χ1n) is 8.59. The number of carbonyl (C=O) groups is 2. The van der Waals surface area contributed by atoms with Crippen molar-refractivity contribution in [2.45, 2.75) is 24.6 Å². The maximum absolute atomic E-state index is 12.2. The van der Waals surface area contributed by atoms with Crippen LogP contribution in [0, 0.1) is 5.92 Å². The summed E-state index contributed by atoms with van der Waals surface area (Å²) < 4.78 is 0. The summed E-state index contributed by atoms with van der Waals surface area (Å²) in [5.74, 6) is 0.0456. The molecule has 4 rings (SSSR count). The fourth-order valence-electron chi connectivity index (χ4n) is 2.57. The molecule has 6 nitrogen and oxygen atoms in total. The summed E-state index contributed by atoms with van der Waals surface area (Å²) in [5, 5.41) is 7.55. The molecule has 1 saturated carbocycles. The molecular formula is C18H17ClN4O2S2. The average molecular weight is 421 g/mol. The number of hydrogen-bond donors (Lipinski definition) is 2. The highest BCUT2D eigenvalue weighted by atomic mass is 35.5. The highest BCUT2D eigenvalue weighted by Gasteiger charge is 2.32. The molecule has 2 N–H and O–H groups in total. The summed E-state index contributed by atoms with van der Waals surface area (Å²) in [5.41, 5.74) is 0.912. The Bertz CT molecular complexity index is 880. The molecule has 0 aromatic heterocycles. The number of hydrogen-bond acceptors (Lipinski definition) is 6. The van der Waals surface area contributed by atoms with Crippen LogP contribution in [0.3, 0.4) is 0 Å². The maximum Gasteiger partial charge on any atom is 0.263 e. The standard InChI is InChI=1S/C18H17ClN4O2S2/c19-13-4-2-1-3-11(13)8-20-18-23-16(25)14(27-18)7-12-9-21-17(26-12)22-15(24)10-5-6-10/h1-4,7,10,12H,5-6,8-9H2,(H,20,23,25)(H,21,22,24)/b14-7-. The zero-order valence-corrected chi connectivity index (χ0v) is 16.7. The van der Waals surface area contributed by atoms with Crippen molar-refractivity contribution < 1.29 is 9.59 Å². The van der Waals surface area contributed by atoms with E-state index >= 15 is 0 Å². The molecule has 3 aliphatic rings. The van der Waals surface area contributed by atoms with Crippen LogP contribution in [0.15, 0.2) is 45.2 Å². The van der Waals surface area contributed by atoms with E-state index in [4.69, 9.17) is 11.6 Å². The van der Waals surface area contributed by atoms with Crippen LogP contribution in [-0.4, -0.2) is 33.9 Å². The minimum Gasteiger partial charge on any atom is -0.305 e. The Morgan fingerprint density at radius 1 is 1.41 bits per heavy atom. The van der Waals surface area contributed by atoms with Crippen molar-refractivity contribution in [1.29, 1.82) is 0 Å². The Hall–Kier alpha value is -1.77. The fraction of sp³-hybridized carbons (Fsp3) is 0.333. The van der Waals surface area contributed by atoms with E-state index in [1.807, 2.05) is 30.3 Å². The monoisotopic (exact) mass is 420 g/mol. The van der Waals surface area contributed by atoms with Gasteiger partial charge in [-0.2, -0.15) is 0 Å². The van der Waals surface area contributed by atoms with Gasteiger partial charge in [0.1, 0.15) is 0 Å². The number of halogens is 1. The summed E-state index contributed by atoms with van der Waals surface area (Å²) in [7, 11) is 0. The summed E-state index contributed by atoms with van der Waals surface area (Å²) in [6, 6.07) is 7.51. The molecule has 9 heteroatoms. The van der Waals surface area contributed by atoms with Crippen LogP contribution >= 0.6 is 35.1 Å². The van der Waals surface area contributed by atoms with Crippen molar-refractivity contribution in [3.05, 3.63) is 45.8 Å². The smallest absolute Gasteiger partial charge is 0.263 e. The van der Waals surface area contributed by atoms with Crippen molar-refractivity contribution in [3.8, 4) is 0 Å². The van der Waals surface area contributed by atoms with Gasteiger partial charge in [-0.15, -0.1) is 0 Å². The van der Waals surface area contributed by atoms with Crippen molar-refractivity contribution >= 4 is 57.3 Å². The van der Waals surface area contributed by atoms with Gasteiger partial charge in [-0.3, -0.25) is 19.6 Å². The molecule has 0 spiro atoms. The Balaban J connectivity index is 1.33. The molecule has 1 aliphatic carbocycles. The van der Waals surface area contributed by atoms with Crippen LogP contribution in [0.5, 0.6) is 0 Å². The maximum atomic E-state index is 12.2. The molecule has 1 unspecified atom stereocenters. The van der Waals surface area contributed by atoms with Crippen LogP contribution in [0.4, 0.5) is 0 Å². The SMILES string of the molecule is O=C1NC(=NCc2ccccc2Cl)S/C1=C\C1CN=C(NC(=O)C2CC2)S1. The van der Waals surface area contributed by atoms with Gasteiger partial charge >= 0.3 is 0 Å². The first-order valence-corrected chi connectivity index (χ1v) is 10.7. The van der Waals surface area contributed by atoms with Crippen LogP contribution in [0.2, 0.25) is 5.02 Å². The van der Waals surface area contributed by atoms with Gasteiger partial charge in [0.15, 0.2) is 10.3 Å². The highest BCUT2D eigenvalue weighted by molar-refractivity contribution is 8.18. The van der Waals surface area contributed by atoms with Gasteiger partial charge in [0, 0.05) is 10.9 Å². The van der Waals surface area contributed by atoms with Crippen LogP contribution in [0.1, 0.15) is 18.4 Å². The minimum atomic E-state index is -0.158. The van der Waals surface area contributed by atoms with Gasteiger partial charge in [0.05, 0.1) is 23.2 Å². The number of benzene rings is 1. The van der Waals surface area contributed by atoms with E-state index in [0.29, 0.717) is 33.4 Å². The number of amides is 2. The van der Waals surface area contributed by atoms with Gasteiger partial charge in [0.2, 0.25) is 5.91 Å². The topological polar surface area (TPSA) is 82.9 Å². The molecule has 27 heavy (non-hydrogen) atoms. The molecular weight excluding hydrogens is 404 g/mol. The summed E-state index contributed by atoms with van der Waals surface area (Å²) in [4.78, 5) is 33.4. The molecule has 2 aliphatic heterocycles. The minimum absolute atomic E-state index is 0.0377. The Kier molecular flexibility index (Phi) is 5.56. The van der Waals surface area contributed by atoms with Gasteiger partial charge in [0.25, 0.3) is 5.91 Å². The Morgan fingerprint density at radius 2 is 2.22 bits per heavy atom. The van der Waals surface area contributed by atoms with E-state index in [-0.39, 0.29) is 23.0 Å². The average Bonchev–Trinajstić information content (AvgIpc) is 3.33. The molecule has 2 heterocycles. The van der Waals surface area contributed by atoms with Crippen molar-refractivity contribution in [3.63, 3.8) is 0 Å². The molecule has 1 saturated heterocycles. The Labute approximate surface area is 170 Å². The van der Waals surface area contributed by atoms with E-state index in [2.05, 4.69) is 20.6 Å².